The predicted octanol–water partition coefficient (Wildman–Crippen LogP) is 17.2. The Kier molecular flexibility index (Phi) is 47.7. The Morgan fingerprint density at radius 1 is 0.271 bits per heavy atom. The van der Waals surface area contributed by atoms with Crippen LogP contribution >= 0.6 is 0 Å². The van der Waals surface area contributed by atoms with E-state index in [1.165, 1.54) is 205 Å². The fourth-order valence-electron chi connectivity index (χ4n) is 8.09. The van der Waals surface area contributed by atoms with Gasteiger partial charge in [0.05, 0.1) is 0 Å². The van der Waals surface area contributed by atoms with Crippen LogP contribution in [0, 0.1) is 0 Å². The largest absolute Gasteiger partial charge is 0.462 e. The van der Waals surface area contributed by atoms with Gasteiger partial charge in [0.15, 0.2) is 6.10 Å². The van der Waals surface area contributed by atoms with Crippen LogP contribution in [0.5, 0.6) is 0 Å². The number of unbranched alkanes of at least 4 members (excludes halogenated alkanes) is 38. The Morgan fingerprint density at radius 2 is 0.458 bits per heavy atom. The van der Waals surface area contributed by atoms with Gasteiger partial charge in [0, 0.05) is 19.3 Å². The van der Waals surface area contributed by atoms with Crippen molar-refractivity contribution < 1.29 is 28.6 Å². The van der Waals surface area contributed by atoms with Gasteiger partial charge in [0.2, 0.25) is 0 Å². The average molecular weight is 835 g/mol. The molecule has 0 radical (unpaired) electrons. The molecule has 0 aliphatic carbocycles. The summed E-state index contributed by atoms with van der Waals surface area (Å²) in [6.45, 7) is 6.64. The topological polar surface area (TPSA) is 78.9 Å². The molecule has 0 spiro atoms. The maximum atomic E-state index is 12.7. The van der Waals surface area contributed by atoms with Crippen molar-refractivity contribution in [2.24, 2.45) is 0 Å². The van der Waals surface area contributed by atoms with Gasteiger partial charge in [-0.1, -0.05) is 265 Å². The highest BCUT2D eigenvalue weighted by Crippen LogP contribution is 2.17. The van der Waals surface area contributed by atoms with Crippen LogP contribution in [0.25, 0.3) is 0 Å². The first-order chi connectivity index (χ1) is 29.0. The molecule has 6 heteroatoms. The van der Waals surface area contributed by atoms with Gasteiger partial charge in [0.25, 0.3) is 0 Å². The van der Waals surface area contributed by atoms with Gasteiger partial charge in [-0.15, -0.1) is 0 Å². The van der Waals surface area contributed by atoms with Gasteiger partial charge in [0.1, 0.15) is 13.2 Å². The molecule has 6 nitrogen and oxygen atoms in total. The lowest BCUT2D eigenvalue weighted by Gasteiger charge is -2.18. The Morgan fingerprint density at radius 3 is 0.678 bits per heavy atom. The lowest BCUT2D eigenvalue weighted by Crippen LogP contribution is -2.30. The number of rotatable bonds is 49. The quantitative estimate of drug-likeness (QED) is 0.0345. The normalized spacial score (nSPS) is 11.8. The summed E-state index contributed by atoms with van der Waals surface area (Å²) in [5.74, 6) is -0.849. The third kappa shape index (κ3) is 47.3. The lowest BCUT2D eigenvalue weighted by atomic mass is 10.0. The zero-order valence-electron chi connectivity index (χ0n) is 40.1. The van der Waals surface area contributed by atoms with Crippen molar-refractivity contribution in [1.82, 2.24) is 0 Å². The van der Waals surface area contributed by atoms with Gasteiger partial charge in [-0.25, -0.2) is 0 Å². The van der Waals surface area contributed by atoms with Crippen molar-refractivity contribution in [2.75, 3.05) is 13.2 Å². The van der Waals surface area contributed by atoms with Crippen molar-refractivity contribution in [3.8, 4) is 0 Å². The molecule has 0 saturated heterocycles. The monoisotopic (exact) mass is 835 g/mol. The van der Waals surface area contributed by atoms with Gasteiger partial charge >= 0.3 is 17.9 Å². The number of carbonyl (C=O) groups excluding carboxylic acids is 3. The predicted molar refractivity (Wildman–Crippen MR) is 252 cm³/mol. The first-order valence-electron chi connectivity index (χ1n) is 26.5. The molecule has 0 aliphatic rings. The van der Waals surface area contributed by atoms with Crippen LogP contribution in [0.15, 0.2) is 0 Å². The maximum Gasteiger partial charge on any atom is 0.306 e. The summed E-state index contributed by atoms with van der Waals surface area (Å²) >= 11 is 0. The summed E-state index contributed by atoms with van der Waals surface area (Å²) in [7, 11) is 0. The molecule has 0 aliphatic heterocycles. The molecule has 0 aromatic rings. The van der Waals surface area contributed by atoms with E-state index in [0.717, 1.165) is 57.8 Å². The second kappa shape index (κ2) is 49.1. The van der Waals surface area contributed by atoms with E-state index in [1.807, 2.05) is 0 Å². The molecule has 0 N–H and O–H groups in total. The minimum atomic E-state index is -0.758. The SMILES string of the molecule is CCCCCCCCCCCCCCCCCCCCCCCCCC(=O)OCC(COC(=O)CCCCCCCCCCC)OC(=O)CCCCCCCCCCC. The second-order valence-electron chi connectivity index (χ2n) is 18.2. The molecule has 0 rings (SSSR count). The number of hydrogen-bond donors (Lipinski definition) is 0. The zero-order valence-corrected chi connectivity index (χ0v) is 40.1. The first kappa shape index (κ1) is 57.4. The summed E-state index contributed by atoms with van der Waals surface area (Å²) < 4.78 is 16.7. The summed E-state index contributed by atoms with van der Waals surface area (Å²) in [6, 6.07) is 0. The summed E-state index contributed by atoms with van der Waals surface area (Å²) in [4.78, 5) is 37.7. The van der Waals surface area contributed by atoms with Crippen LogP contribution < -0.4 is 0 Å². The Bertz CT molecular complexity index is 874. The molecular formula is C53H102O6. The molecule has 0 bridgehead atoms. The standard InChI is InChI=1S/C53H102O6/c1-4-7-10-13-16-19-20-21-22-23-24-25-26-27-28-29-30-31-32-35-37-40-43-46-52(55)58-49-50(59-53(56)47-44-41-38-34-18-15-12-9-6-3)48-57-51(54)45-42-39-36-33-17-14-11-8-5-2/h50H,4-49H2,1-3H3. The van der Waals surface area contributed by atoms with E-state index >= 15 is 0 Å². The van der Waals surface area contributed by atoms with E-state index in [4.69, 9.17) is 14.2 Å². The van der Waals surface area contributed by atoms with E-state index in [0.29, 0.717) is 19.3 Å². The molecule has 0 amide bonds. The number of hydrogen-bond acceptors (Lipinski definition) is 6. The molecule has 59 heavy (non-hydrogen) atoms. The molecule has 0 fully saturated rings. The molecule has 350 valence electrons. The zero-order chi connectivity index (χ0) is 43.0. The third-order valence-electron chi connectivity index (χ3n) is 12.1. The third-order valence-corrected chi connectivity index (χ3v) is 12.1. The lowest BCUT2D eigenvalue weighted by molar-refractivity contribution is -0.167. The molecule has 0 saturated carbocycles. The highest BCUT2D eigenvalue weighted by Gasteiger charge is 2.19. The van der Waals surface area contributed by atoms with Crippen LogP contribution in [0.1, 0.15) is 303 Å². The van der Waals surface area contributed by atoms with E-state index < -0.39 is 6.10 Å². The van der Waals surface area contributed by atoms with Gasteiger partial charge in [-0.3, -0.25) is 14.4 Å². The van der Waals surface area contributed by atoms with Crippen molar-refractivity contribution in [1.29, 1.82) is 0 Å². The van der Waals surface area contributed by atoms with Crippen LogP contribution in [-0.2, 0) is 28.6 Å². The van der Waals surface area contributed by atoms with Crippen LogP contribution in [0.3, 0.4) is 0 Å². The Balaban J connectivity index is 4.06. The molecule has 1 unspecified atom stereocenters. The van der Waals surface area contributed by atoms with Crippen LogP contribution in [0.4, 0.5) is 0 Å². The number of carbonyl (C=O) groups is 3. The van der Waals surface area contributed by atoms with Gasteiger partial charge in [-0.05, 0) is 19.3 Å². The van der Waals surface area contributed by atoms with Crippen LogP contribution in [0.2, 0.25) is 0 Å². The molecule has 1 atom stereocenters. The highest BCUT2D eigenvalue weighted by molar-refractivity contribution is 5.71. The highest BCUT2D eigenvalue weighted by atomic mass is 16.6. The Labute approximate surface area is 368 Å². The Hall–Kier alpha value is -1.59. The van der Waals surface area contributed by atoms with Crippen molar-refractivity contribution in [3.05, 3.63) is 0 Å². The van der Waals surface area contributed by atoms with Gasteiger partial charge in [-0.2, -0.15) is 0 Å². The average Bonchev–Trinajstić information content (AvgIpc) is 3.23. The van der Waals surface area contributed by atoms with Crippen molar-refractivity contribution >= 4 is 17.9 Å². The van der Waals surface area contributed by atoms with E-state index in [-0.39, 0.29) is 31.1 Å². The first-order valence-corrected chi connectivity index (χ1v) is 26.5. The molecule has 0 aromatic carbocycles. The van der Waals surface area contributed by atoms with E-state index in [9.17, 15) is 14.4 Å². The summed E-state index contributed by atoms with van der Waals surface area (Å²) in [6.07, 6.45) is 52.6. The fourth-order valence-corrected chi connectivity index (χ4v) is 8.09. The molecule has 0 heterocycles. The number of esters is 3. The van der Waals surface area contributed by atoms with E-state index in [1.54, 1.807) is 0 Å². The minimum Gasteiger partial charge on any atom is -0.462 e. The minimum absolute atomic E-state index is 0.0625. The second-order valence-corrected chi connectivity index (χ2v) is 18.2. The van der Waals surface area contributed by atoms with Gasteiger partial charge < -0.3 is 14.2 Å². The van der Waals surface area contributed by atoms with Crippen molar-refractivity contribution in [3.63, 3.8) is 0 Å². The summed E-state index contributed by atoms with van der Waals surface area (Å²) in [5, 5.41) is 0. The fraction of sp³-hybridized carbons (Fsp3) is 0.943. The van der Waals surface area contributed by atoms with Crippen LogP contribution in [-0.4, -0.2) is 37.2 Å². The summed E-state index contributed by atoms with van der Waals surface area (Å²) in [5.41, 5.74) is 0. The maximum absolute atomic E-state index is 12.7. The molecular weight excluding hydrogens is 733 g/mol. The smallest absolute Gasteiger partial charge is 0.306 e. The van der Waals surface area contributed by atoms with Crippen molar-refractivity contribution in [2.45, 2.75) is 309 Å². The van der Waals surface area contributed by atoms with E-state index in [2.05, 4.69) is 20.8 Å². The molecule has 0 aromatic heterocycles. The number of ether oxygens (including phenoxy) is 3.